The van der Waals surface area contributed by atoms with Gasteiger partial charge in [0, 0.05) is 24.3 Å². The largest absolute Gasteiger partial charge is 0.393 e. The van der Waals surface area contributed by atoms with Gasteiger partial charge in [0.05, 0.1) is 12.5 Å². The van der Waals surface area contributed by atoms with Crippen molar-refractivity contribution in [2.45, 2.75) is 25.4 Å². The molecule has 2 heterocycles. The van der Waals surface area contributed by atoms with Gasteiger partial charge in [-0.3, -0.25) is 9.59 Å². The Labute approximate surface area is 111 Å². The van der Waals surface area contributed by atoms with Gasteiger partial charge in [-0.2, -0.15) is 0 Å². The molecule has 5 nitrogen and oxygen atoms in total. The van der Waals surface area contributed by atoms with Gasteiger partial charge in [0.15, 0.2) is 0 Å². The summed E-state index contributed by atoms with van der Waals surface area (Å²) in [5.41, 5.74) is 2.28. The van der Waals surface area contributed by atoms with Gasteiger partial charge in [-0.25, -0.2) is 0 Å². The smallest absolute Gasteiger partial charge is 0.253 e. The normalized spacial score (nSPS) is 19.2. The van der Waals surface area contributed by atoms with Crippen LogP contribution in [-0.4, -0.2) is 41.0 Å². The maximum atomic E-state index is 12.3. The summed E-state index contributed by atoms with van der Waals surface area (Å²) in [4.78, 5) is 25.4. The number of piperidine rings is 1. The van der Waals surface area contributed by atoms with Gasteiger partial charge in [0.2, 0.25) is 5.91 Å². The first kappa shape index (κ1) is 12.2. The van der Waals surface area contributed by atoms with Crippen LogP contribution >= 0.6 is 0 Å². The highest BCUT2D eigenvalue weighted by atomic mass is 16.3. The number of hydrogen-bond donors (Lipinski definition) is 2. The number of nitrogens with one attached hydrogen (secondary N) is 1. The lowest BCUT2D eigenvalue weighted by Gasteiger charge is -2.29. The van der Waals surface area contributed by atoms with Crippen molar-refractivity contribution in [2.75, 3.05) is 18.4 Å². The monoisotopic (exact) mass is 260 g/mol. The van der Waals surface area contributed by atoms with E-state index < -0.39 is 0 Å². The highest BCUT2D eigenvalue weighted by Crippen LogP contribution is 2.25. The Bertz CT molecular complexity index is 533. The summed E-state index contributed by atoms with van der Waals surface area (Å²) >= 11 is 0. The van der Waals surface area contributed by atoms with Gasteiger partial charge in [0.1, 0.15) is 0 Å². The zero-order valence-electron chi connectivity index (χ0n) is 10.6. The Balaban J connectivity index is 1.77. The molecule has 100 valence electrons. The van der Waals surface area contributed by atoms with E-state index in [1.54, 1.807) is 17.0 Å². The first-order valence-electron chi connectivity index (χ1n) is 6.53. The summed E-state index contributed by atoms with van der Waals surface area (Å²) in [7, 11) is 0. The summed E-state index contributed by atoms with van der Waals surface area (Å²) < 4.78 is 0. The number of aliphatic hydroxyl groups is 1. The summed E-state index contributed by atoms with van der Waals surface area (Å²) in [5.74, 6) is -0.0588. The summed E-state index contributed by atoms with van der Waals surface area (Å²) in [5, 5.41) is 12.2. The van der Waals surface area contributed by atoms with Gasteiger partial charge >= 0.3 is 0 Å². The molecule has 0 saturated carbocycles. The van der Waals surface area contributed by atoms with Crippen molar-refractivity contribution in [2.24, 2.45) is 0 Å². The number of aliphatic hydroxyl groups excluding tert-OH is 1. The van der Waals surface area contributed by atoms with Gasteiger partial charge in [-0.05, 0) is 30.5 Å². The van der Waals surface area contributed by atoms with Gasteiger partial charge in [0.25, 0.3) is 5.91 Å². The molecule has 3 rings (SSSR count). The van der Waals surface area contributed by atoms with Gasteiger partial charge < -0.3 is 15.3 Å². The van der Waals surface area contributed by atoms with E-state index in [2.05, 4.69) is 5.32 Å². The topological polar surface area (TPSA) is 69.6 Å². The third kappa shape index (κ3) is 2.33. The van der Waals surface area contributed by atoms with Crippen LogP contribution in [-0.2, 0) is 11.2 Å². The predicted octanol–water partition coefficient (Wildman–Crippen LogP) is 0.778. The van der Waals surface area contributed by atoms with E-state index in [4.69, 9.17) is 0 Å². The number of carbonyl (C=O) groups excluding carboxylic acids is 2. The number of amides is 2. The first-order valence-corrected chi connectivity index (χ1v) is 6.53. The van der Waals surface area contributed by atoms with Crippen molar-refractivity contribution in [1.29, 1.82) is 0 Å². The molecule has 2 aliphatic heterocycles. The van der Waals surface area contributed by atoms with E-state index >= 15 is 0 Å². The van der Waals surface area contributed by atoms with Crippen molar-refractivity contribution in [3.63, 3.8) is 0 Å². The van der Waals surface area contributed by atoms with Crippen molar-refractivity contribution >= 4 is 17.5 Å². The molecule has 19 heavy (non-hydrogen) atoms. The van der Waals surface area contributed by atoms with E-state index in [0.717, 1.165) is 11.3 Å². The molecule has 5 heteroatoms. The Morgan fingerprint density at radius 3 is 2.79 bits per heavy atom. The molecule has 0 bridgehead atoms. The molecule has 1 saturated heterocycles. The number of likely N-dealkylation sites (tertiary alicyclic amines) is 1. The van der Waals surface area contributed by atoms with Crippen LogP contribution in [0.5, 0.6) is 0 Å². The van der Waals surface area contributed by atoms with Crippen LogP contribution in [0.4, 0.5) is 5.69 Å². The second-order valence-electron chi connectivity index (χ2n) is 5.12. The zero-order valence-corrected chi connectivity index (χ0v) is 10.6. The van der Waals surface area contributed by atoms with Crippen LogP contribution in [0.25, 0.3) is 0 Å². The molecule has 2 amide bonds. The van der Waals surface area contributed by atoms with Crippen LogP contribution in [0, 0.1) is 0 Å². The number of hydrogen-bond acceptors (Lipinski definition) is 3. The van der Waals surface area contributed by atoms with E-state index in [9.17, 15) is 14.7 Å². The molecule has 1 aromatic rings. The predicted molar refractivity (Wildman–Crippen MR) is 69.9 cm³/mol. The molecule has 1 fully saturated rings. The fourth-order valence-electron chi connectivity index (χ4n) is 2.60. The lowest BCUT2D eigenvalue weighted by molar-refractivity contribution is -0.115. The van der Waals surface area contributed by atoms with Crippen LogP contribution < -0.4 is 5.32 Å². The Morgan fingerprint density at radius 2 is 2.05 bits per heavy atom. The second kappa shape index (κ2) is 4.66. The van der Waals surface area contributed by atoms with E-state index in [1.165, 1.54) is 0 Å². The number of benzene rings is 1. The molecule has 2 aliphatic rings. The molecule has 2 N–H and O–H groups in total. The molecule has 0 radical (unpaired) electrons. The van der Waals surface area contributed by atoms with Crippen LogP contribution in [0.15, 0.2) is 18.2 Å². The third-order valence-corrected chi connectivity index (χ3v) is 3.73. The number of nitrogens with zero attached hydrogens (tertiary/aromatic N) is 1. The van der Waals surface area contributed by atoms with Crippen molar-refractivity contribution in [3.05, 3.63) is 29.3 Å². The Kier molecular flexibility index (Phi) is 2.98. The average molecular weight is 260 g/mol. The van der Waals surface area contributed by atoms with Crippen molar-refractivity contribution in [3.8, 4) is 0 Å². The van der Waals surface area contributed by atoms with E-state index in [0.29, 0.717) is 37.9 Å². The lowest BCUT2D eigenvalue weighted by Crippen LogP contribution is -2.40. The summed E-state index contributed by atoms with van der Waals surface area (Å²) in [6.07, 6.45) is 1.36. The molecule has 0 spiro atoms. The molecule has 0 atom stereocenters. The molecular formula is C14H16N2O3. The summed E-state index contributed by atoms with van der Waals surface area (Å²) in [6, 6.07) is 5.35. The molecule has 0 aromatic heterocycles. The third-order valence-electron chi connectivity index (χ3n) is 3.73. The highest BCUT2D eigenvalue weighted by Gasteiger charge is 2.24. The zero-order chi connectivity index (χ0) is 13.4. The highest BCUT2D eigenvalue weighted by molar-refractivity contribution is 6.02. The van der Waals surface area contributed by atoms with Crippen LogP contribution in [0.2, 0.25) is 0 Å². The van der Waals surface area contributed by atoms with Crippen molar-refractivity contribution in [1.82, 2.24) is 4.90 Å². The molecule has 0 aliphatic carbocycles. The minimum absolute atomic E-state index is 0.0271. The number of rotatable bonds is 1. The van der Waals surface area contributed by atoms with Gasteiger partial charge in [-0.1, -0.05) is 6.07 Å². The Morgan fingerprint density at radius 1 is 1.32 bits per heavy atom. The Hall–Kier alpha value is -1.88. The van der Waals surface area contributed by atoms with Crippen LogP contribution in [0.1, 0.15) is 28.8 Å². The number of fused-ring (bicyclic) bond motifs is 1. The fraction of sp³-hybridized carbons (Fsp3) is 0.429. The summed E-state index contributed by atoms with van der Waals surface area (Å²) in [6.45, 7) is 1.17. The SMILES string of the molecule is O=C1Cc2ccc(C(=O)N3CCC(O)CC3)cc2N1. The number of anilines is 1. The van der Waals surface area contributed by atoms with E-state index in [1.807, 2.05) is 6.07 Å². The minimum Gasteiger partial charge on any atom is -0.393 e. The fourth-order valence-corrected chi connectivity index (χ4v) is 2.60. The number of carbonyl (C=O) groups is 2. The molecule has 0 unspecified atom stereocenters. The minimum atomic E-state index is -0.289. The maximum absolute atomic E-state index is 12.3. The molecular weight excluding hydrogens is 244 g/mol. The van der Waals surface area contributed by atoms with Crippen LogP contribution in [0.3, 0.4) is 0 Å². The second-order valence-corrected chi connectivity index (χ2v) is 5.12. The first-order chi connectivity index (χ1) is 9.13. The lowest BCUT2D eigenvalue weighted by atomic mass is 10.0. The van der Waals surface area contributed by atoms with E-state index in [-0.39, 0.29) is 17.9 Å². The standard InChI is InChI=1S/C14H16N2O3/c17-11-3-5-16(6-4-11)14(19)10-2-1-9-8-13(18)15-12(9)7-10/h1-2,7,11,17H,3-6,8H2,(H,15,18). The average Bonchev–Trinajstić information content (AvgIpc) is 2.77. The quantitative estimate of drug-likeness (QED) is 0.784. The van der Waals surface area contributed by atoms with Gasteiger partial charge in [-0.15, -0.1) is 0 Å². The molecule has 1 aromatic carbocycles. The maximum Gasteiger partial charge on any atom is 0.253 e. The van der Waals surface area contributed by atoms with Crippen molar-refractivity contribution < 1.29 is 14.7 Å².